The number of halogens is 1. The van der Waals surface area contributed by atoms with Gasteiger partial charge in [0.1, 0.15) is 22.9 Å². The van der Waals surface area contributed by atoms with Crippen LogP contribution >= 0.6 is 11.6 Å². The summed E-state index contributed by atoms with van der Waals surface area (Å²) in [6.45, 7) is 4.03. The highest BCUT2D eigenvalue weighted by molar-refractivity contribution is 6.29. The Bertz CT molecular complexity index is 1430. The SMILES string of the molecule is CN1CCN(c2ccc(Nc3nc(-c4ccc5ncc(Cl)n5n4)c4cc[nH]c4n3)cn2)CC1. The molecule has 0 aliphatic carbocycles. The third-order valence-electron chi connectivity index (χ3n) is 5.81. The largest absolute Gasteiger partial charge is 0.354 e. The Labute approximate surface area is 194 Å². The predicted octanol–water partition coefficient (Wildman–Crippen LogP) is 3.21. The quantitative estimate of drug-likeness (QED) is 0.421. The molecule has 6 heterocycles. The Balaban J connectivity index is 1.31. The highest BCUT2D eigenvalue weighted by atomic mass is 35.5. The van der Waals surface area contributed by atoms with Crippen molar-refractivity contribution in [3.05, 3.63) is 54.1 Å². The summed E-state index contributed by atoms with van der Waals surface area (Å²) in [6.07, 6.45) is 5.22. The molecular formula is C22H21ClN10. The van der Waals surface area contributed by atoms with Crippen LogP contribution in [0, 0.1) is 0 Å². The second kappa shape index (κ2) is 7.98. The number of hydrogen-bond acceptors (Lipinski definition) is 8. The van der Waals surface area contributed by atoms with Crippen molar-refractivity contribution >= 4 is 45.7 Å². The van der Waals surface area contributed by atoms with Crippen LogP contribution in [0.15, 0.2) is 48.9 Å². The molecule has 10 nitrogen and oxygen atoms in total. The van der Waals surface area contributed by atoms with E-state index in [0.717, 1.165) is 43.1 Å². The van der Waals surface area contributed by atoms with Crippen LogP contribution in [-0.2, 0) is 0 Å². The fourth-order valence-electron chi connectivity index (χ4n) is 3.98. The van der Waals surface area contributed by atoms with Crippen LogP contribution in [0.4, 0.5) is 17.5 Å². The van der Waals surface area contributed by atoms with Crippen molar-refractivity contribution in [1.82, 2.24) is 39.4 Å². The molecule has 0 atom stereocenters. The first-order valence-corrected chi connectivity index (χ1v) is 11.0. The lowest BCUT2D eigenvalue weighted by molar-refractivity contribution is 0.312. The van der Waals surface area contributed by atoms with E-state index in [4.69, 9.17) is 16.6 Å². The minimum absolute atomic E-state index is 0.441. The average Bonchev–Trinajstić information content (AvgIpc) is 3.46. The Morgan fingerprint density at radius 1 is 0.970 bits per heavy atom. The van der Waals surface area contributed by atoms with Gasteiger partial charge in [-0.05, 0) is 37.4 Å². The van der Waals surface area contributed by atoms with Crippen molar-refractivity contribution in [1.29, 1.82) is 0 Å². The number of imidazole rings is 1. The summed E-state index contributed by atoms with van der Waals surface area (Å²) >= 11 is 6.22. The second-order valence-electron chi connectivity index (χ2n) is 8.03. The van der Waals surface area contributed by atoms with Gasteiger partial charge in [-0.1, -0.05) is 11.6 Å². The van der Waals surface area contributed by atoms with E-state index in [-0.39, 0.29) is 0 Å². The van der Waals surface area contributed by atoms with Gasteiger partial charge in [-0.25, -0.2) is 19.5 Å². The standard InChI is InChI=1S/C22H21ClN10/c1-31-8-10-32(11-9-31)18-4-2-14(12-25-18)27-22-28-20(15-6-7-24-21(15)29-22)16-3-5-19-26-13-17(23)33(19)30-16/h2-7,12-13H,8-11H2,1H3,(H2,24,27,28,29). The topological polar surface area (TPSA) is 103 Å². The molecule has 1 fully saturated rings. The molecule has 5 aromatic heterocycles. The Hall–Kier alpha value is -3.76. The van der Waals surface area contributed by atoms with E-state index in [1.54, 1.807) is 10.7 Å². The maximum atomic E-state index is 6.22. The lowest BCUT2D eigenvalue weighted by Gasteiger charge is -2.33. The van der Waals surface area contributed by atoms with Gasteiger partial charge in [0.05, 0.1) is 18.1 Å². The number of anilines is 3. The molecule has 0 bridgehead atoms. The number of aromatic nitrogens is 7. The zero-order valence-electron chi connectivity index (χ0n) is 17.9. The molecule has 0 radical (unpaired) electrons. The monoisotopic (exact) mass is 460 g/mol. The van der Waals surface area contributed by atoms with E-state index in [0.29, 0.717) is 33.8 Å². The molecule has 0 saturated carbocycles. The molecule has 2 N–H and O–H groups in total. The lowest BCUT2D eigenvalue weighted by Crippen LogP contribution is -2.44. The number of rotatable bonds is 4. The Morgan fingerprint density at radius 2 is 1.85 bits per heavy atom. The van der Waals surface area contributed by atoms with E-state index in [2.05, 4.69) is 47.2 Å². The van der Waals surface area contributed by atoms with Crippen LogP contribution in [0.5, 0.6) is 0 Å². The Kier molecular flexibility index (Phi) is 4.81. The van der Waals surface area contributed by atoms with E-state index in [1.165, 1.54) is 0 Å². The van der Waals surface area contributed by atoms with Crippen molar-refractivity contribution in [2.24, 2.45) is 0 Å². The van der Waals surface area contributed by atoms with Crippen LogP contribution in [0.1, 0.15) is 0 Å². The van der Waals surface area contributed by atoms with E-state index >= 15 is 0 Å². The third-order valence-corrected chi connectivity index (χ3v) is 6.07. The van der Waals surface area contributed by atoms with Crippen LogP contribution in [0.25, 0.3) is 28.1 Å². The molecule has 1 aliphatic rings. The fraction of sp³-hybridized carbons (Fsp3) is 0.227. The van der Waals surface area contributed by atoms with Crippen LogP contribution in [0.3, 0.4) is 0 Å². The predicted molar refractivity (Wildman–Crippen MR) is 128 cm³/mol. The molecular weight excluding hydrogens is 440 g/mol. The van der Waals surface area contributed by atoms with Crippen LogP contribution in [0.2, 0.25) is 5.15 Å². The van der Waals surface area contributed by atoms with Gasteiger partial charge >= 0.3 is 0 Å². The molecule has 5 aromatic rings. The number of nitrogens with one attached hydrogen (secondary N) is 2. The van der Waals surface area contributed by atoms with Crippen molar-refractivity contribution in [3.63, 3.8) is 0 Å². The number of H-pyrrole nitrogens is 1. The van der Waals surface area contributed by atoms with Gasteiger partial charge in [-0.15, -0.1) is 0 Å². The number of pyridine rings is 1. The molecule has 166 valence electrons. The minimum Gasteiger partial charge on any atom is -0.354 e. The summed E-state index contributed by atoms with van der Waals surface area (Å²) in [5.74, 6) is 1.43. The molecule has 11 heteroatoms. The van der Waals surface area contributed by atoms with Crippen molar-refractivity contribution in [2.75, 3.05) is 43.4 Å². The summed E-state index contributed by atoms with van der Waals surface area (Å²) in [7, 11) is 2.14. The molecule has 0 unspecified atom stereocenters. The van der Waals surface area contributed by atoms with Gasteiger partial charge in [-0.3, -0.25) is 0 Å². The van der Waals surface area contributed by atoms with E-state index < -0.39 is 0 Å². The number of likely N-dealkylation sites (N-methyl/N-ethyl adjacent to an activating group) is 1. The normalized spacial score (nSPS) is 14.9. The third kappa shape index (κ3) is 3.73. The van der Waals surface area contributed by atoms with Gasteiger partial charge in [0, 0.05) is 37.8 Å². The number of hydrogen-bond donors (Lipinski definition) is 2. The van der Waals surface area contributed by atoms with Crippen LogP contribution in [-0.4, -0.2) is 72.7 Å². The summed E-state index contributed by atoms with van der Waals surface area (Å²) in [5, 5.41) is 9.20. The molecule has 6 rings (SSSR count). The molecule has 1 aliphatic heterocycles. The second-order valence-corrected chi connectivity index (χ2v) is 8.41. The molecule has 33 heavy (non-hydrogen) atoms. The zero-order chi connectivity index (χ0) is 22.4. The maximum Gasteiger partial charge on any atom is 0.229 e. The molecule has 0 amide bonds. The van der Waals surface area contributed by atoms with E-state index in [1.807, 2.05) is 42.7 Å². The van der Waals surface area contributed by atoms with Crippen molar-refractivity contribution < 1.29 is 0 Å². The van der Waals surface area contributed by atoms with Gasteiger partial charge in [0.2, 0.25) is 5.95 Å². The van der Waals surface area contributed by atoms with Crippen LogP contribution < -0.4 is 10.2 Å². The Morgan fingerprint density at radius 3 is 2.67 bits per heavy atom. The lowest BCUT2D eigenvalue weighted by atomic mass is 10.2. The molecule has 0 spiro atoms. The highest BCUT2D eigenvalue weighted by Crippen LogP contribution is 2.27. The first-order valence-electron chi connectivity index (χ1n) is 10.7. The van der Waals surface area contributed by atoms with Crippen molar-refractivity contribution in [3.8, 4) is 11.4 Å². The molecule has 1 saturated heterocycles. The number of piperazine rings is 1. The minimum atomic E-state index is 0.441. The summed E-state index contributed by atoms with van der Waals surface area (Å²) in [6, 6.07) is 9.70. The summed E-state index contributed by atoms with van der Waals surface area (Å²) < 4.78 is 1.59. The smallest absolute Gasteiger partial charge is 0.229 e. The highest BCUT2D eigenvalue weighted by Gasteiger charge is 2.16. The fourth-order valence-corrected chi connectivity index (χ4v) is 4.15. The average molecular weight is 461 g/mol. The number of nitrogens with zero attached hydrogens (tertiary/aromatic N) is 8. The van der Waals surface area contributed by atoms with Gasteiger partial charge in [0.25, 0.3) is 0 Å². The first-order chi connectivity index (χ1) is 16.1. The maximum absolute atomic E-state index is 6.22. The molecule has 0 aromatic carbocycles. The van der Waals surface area contributed by atoms with Gasteiger partial charge in [-0.2, -0.15) is 10.1 Å². The van der Waals surface area contributed by atoms with Gasteiger partial charge in [0.15, 0.2) is 10.8 Å². The summed E-state index contributed by atoms with van der Waals surface area (Å²) in [5.41, 5.74) is 3.56. The number of fused-ring (bicyclic) bond motifs is 2. The van der Waals surface area contributed by atoms with Gasteiger partial charge < -0.3 is 20.1 Å². The summed E-state index contributed by atoms with van der Waals surface area (Å²) in [4.78, 5) is 26.0. The number of aromatic amines is 1. The zero-order valence-corrected chi connectivity index (χ0v) is 18.7. The first kappa shape index (κ1) is 19.9. The van der Waals surface area contributed by atoms with Crippen molar-refractivity contribution in [2.45, 2.75) is 0 Å². The van der Waals surface area contributed by atoms with E-state index in [9.17, 15) is 0 Å².